The number of nitrogens with zero attached hydrogens (tertiary/aromatic N) is 3. The number of pyridine rings is 1. The topological polar surface area (TPSA) is 69.0 Å². The van der Waals surface area contributed by atoms with E-state index in [0.717, 1.165) is 11.1 Å². The lowest BCUT2D eigenvalue weighted by atomic mass is 10.0. The molecule has 156 valence electrons. The molecule has 0 atom stereocenters. The number of amides is 1. The summed E-state index contributed by atoms with van der Waals surface area (Å²) in [5.74, 6) is -0.0540. The van der Waals surface area contributed by atoms with Gasteiger partial charge in [0.15, 0.2) is 0 Å². The molecule has 0 radical (unpaired) electrons. The number of methoxy groups -OCH3 is 1. The molecule has 2 heterocycles. The molecule has 0 aliphatic rings. The molecule has 4 rings (SSSR count). The molecule has 0 saturated heterocycles. The standard InChI is InChI=1S/C24H21FN4O2/c1-31-22-9-5-3-7-19(22)24(30)27-14-15-29-16-20(17-10-12-26-13-11-17)23(28-29)18-6-2-4-8-21(18)25/h2-13,16H,14-15H2,1H3,(H,27,30). The van der Waals surface area contributed by atoms with Crippen LogP contribution in [-0.4, -0.2) is 34.3 Å². The zero-order chi connectivity index (χ0) is 21.6. The van der Waals surface area contributed by atoms with Gasteiger partial charge in [-0.1, -0.05) is 24.3 Å². The van der Waals surface area contributed by atoms with Gasteiger partial charge in [0.25, 0.3) is 5.91 Å². The second kappa shape index (κ2) is 9.21. The Hall–Kier alpha value is -4.00. The Morgan fingerprint density at radius 1 is 1.03 bits per heavy atom. The van der Waals surface area contributed by atoms with Gasteiger partial charge in [0.1, 0.15) is 17.3 Å². The maximum absolute atomic E-state index is 14.5. The summed E-state index contributed by atoms with van der Waals surface area (Å²) in [4.78, 5) is 16.5. The number of halogens is 1. The van der Waals surface area contributed by atoms with Crippen LogP contribution in [0.4, 0.5) is 4.39 Å². The molecule has 7 heteroatoms. The van der Waals surface area contributed by atoms with Crippen molar-refractivity contribution >= 4 is 5.91 Å². The monoisotopic (exact) mass is 416 g/mol. The van der Waals surface area contributed by atoms with Crippen LogP contribution in [0, 0.1) is 5.82 Å². The van der Waals surface area contributed by atoms with E-state index in [1.807, 2.05) is 24.4 Å². The first-order valence-electron chi connectivity index (χ1n) is 9.81. The van der Waals surface area contributed by atoms with Gasteiger partial charge in [-0.2, -0.15) is 5.10 Å². The number of benzene rings is 2. The minimum atomic E-state index is -0.340. The summed E-state index contributed by atoms with van der Waals surface area (Å²) in [7, 11) is 1.53. The van der Waals surface area contributed by atoms with Gasteiger partial charge in [-0.3, -0.25) is 14.5 Å². The third kappa shape index (κ3) is 4.45. The summed E-state index contributed by atoms with van der Waals surface area (Å²) in [5, 5.41) is 7.48. The van der Waals surface area contributed by atoms with E-state index in [-0.39, 0.29) is 11.7 Å². The van der Waals surface area contributed by atoms with E-state index in [1.54, 1.807) is 53.5 Å². The summed E-state index contributed by atoms with van der Waals surface area (Å²) in [5.41, 5.74) is 3.11. The highest BCUT2D eigenvalue weighted by atomic mass is 19.1. The highest BCUT2D eigenvalue weighted by Crippen LogP contribution is 2.32. The van der Waals surface area contributed by atoms with Gasteiger partial charge < -0.3 is 10.1 Å². The molecule has 0 aliphatic heterocycles. The second-order valence-corrected chi connectivity index (χ2v) is 6.83. The van der Waals surface area contributed by atoms with Crippen LogP contribution in [0.2, 0.25) is 0 Å². The van der Waals surface area contributed by atoms with Crippen LogP contribution in [0.5, 0.6) is 5.75 Å². The van der Waals surface area contributed by atoms with Crippen molar-refractivity contribution in [2.45, 2.75) is 6.54 Å². The highest BCUT2D eigenvalue weighted by Gasteiger charge is 2.16. The first-order valence-corrected chi connectivity index (χ1v) is 9.81. The van der Waals surface area contributed by atoms with Crippen molar-refractivity contribution in [2.24, 2.45) is 0 Å². The summed E-state index contributed by atoms with van der Waals surface area (Å²) in [6.07, 6.45) is 5.23. The zero-order valence-corrected chi connectivity index (χ0v) is 17.0. The fourth-order valence-corrected chi connectivity index (χ4v) is 3.34. The van der Waals surface area contributed by atoms with Crippen molar-refractivity contribution in [3.63, 3.8) is 0 Å². The minimum absolute atomic E-state index is 0.228. The van der Waals surface area contributed by atoms with E-state index in [1.165, 1.54) is 13.2 Å². The van der Waals surface area contributed by atoms with Gasteiger partial charge in [-0.25, -0.2) is 4.39 Å². The quantitative estimate of drug-likeness (QED) is 0.491. The average Bonchev–Trinajstić information content (AvgIpc) is 3.23. The summed E-state index contributed by atoms with van der Waals surface area (Å²) < 4.78 is 21.4. The fraction of sp³-hybridized carbons (Fsp3) is 0.125. The molecule has 0 unspecified atom stereocenters. The van der Waals surface area contributed by atoms with Crippen molar-refractivity contribution < 1.29 is 13.9 Å². The van der Waals surface area contributed by atoms with E-state index in [0.29, 0.717) is 35.7 Å². The van der Waals surface area contributed by atoms with Crippen LogP contribution in [0.25, 0.3) is 22.4 Å². The van der Waals surface area contributed by atoms with Gasteiger partial charge in [-0.15, -0.1) is 0 Å². The molecule has 1 N–H and O–H groups in total. The Bertz CT molecular complexity index is 1190. The van der Waals surface area contributed by atoms with Gasteiger partial charge in [0, 0.05) is 36.3 Å². The van der Waals surface area contributed by atoms with Crippen LogP contribution < -0.4 is 10.1 Å². The van der Waals surface area contributed by atoms with E-state index in [2.05, 4.69) is 15.4 Å². The predicted molar refractivity (Wildman–Crippen MR) is 116 cm³/mol. The number of ether oxygens (including phenoxy) is 1. The van der Waals surface area contributed by atoms with Gasteiger partial charge in [0.2, 0.25) is 0 Å². The zero-order valence-electron chi connectivity index (χ0n) is 17.0. The second-order valence-electron chi connectivity index (χ2n) is 6.83. The largest absolute Gasteiger partial charge is 0.496 e. The Balaban J connectivity index is 1.55. The van der Waals surface area contributed by atoms with Crippen LogP contribution in [0.1, 0.15) is 10.4 Å². The number of nitrogens with one attached hydrogen (secondary N) is 1. The summed E-state index contributed by atoms with van der Waals surface area (Å²) >= 11 is 0. The van der Waals surface area contributed by atoms with E-state index >= 15 is 0 Å². The number of carbonyl (C=O) groups is 1. The Kier molecular flexibility index (Phi) is 6.03. The number of hydrogen-bond donors (Lipinski definition) is 1. The summed E-state index contributed by atoms with van der Waals surface area (Å²) in [6, 6.07) is 17.3. The van der Waals surface area contributed by atoms with E-state index < -0.39 is 0 Å². The van der Waals surface area contributed by atoms with Crippen LogP contribution in [-0.2, 0) is 6.54 Å². The first kappa shape index (κ1) is 20.3. The van der Waals surface area contributed by atoms with Gasteiger partial charge >= 0.3 is 0 Å². The number of rotatable bonds is 7. The molecule has 0 saturated carbocycles. The lowest BCUT2D eigenvalue weighted by Gasteiger charge is -2.09. The molecule has 2 aromatic heterocycles. The number of para-hydroxylation sites is 1. The molecule has 31 heavy (non-hydrogen) atoms. The van der Waals surface area contributed by atoms with Crippen LogP contribution in [0.15, 0.2) is 79.3 Å². The molecular weight excluding hydrogens is 395 g/mol. The Labute approximate surface area is 179 Å². The van der Waals surface area contributed by atoms with Gasteiger partial charge in [-0.05, 0) is 42.0 Å². The lowest BCUT2D eigenvalue weighted by Crippen LogP contribution is -2.27. The van der Waals surface area contributed by atoms with Crippen molar-refractivity contribution in [3.8, 4) is 28.1 Å². The fourth-order valence-electron chi connectivity index (χ4n) is 3.34. The van der Waals surface area contributed by atoms with Crippen LogP contribution in [0.3, 0.4) is 0 Å². The molecule has 1 amide bonds. The van der Waals surface area contributed by atoms with Gasteiger partial charge in [0.05, 0.1) is 19.2 Å². The maximum atomic E-state index is 14.5. The normalized spacial score (nSPS) is 10.6. The van der Waals surface area contributed by atoms with Crippen molar-refractivity contribution in [1.29, 1.82) is 0 Å². The number of carbonyl (C=O) groups excluding carboxylic acids is 1. The smallest absolute Gasteiger partial charge is 0.255 e. The number of hydrogen-bond acceptors (Lipinski definition) is 4. The molecular formula is C24H21FN4O2. The third-order valence-corrected chi connectivity index (χ3v) is 4.86. The lowest BCUT2D eigenvalue weighted by molar-refractivity contribution is 0.0949. The molecule has 4 aromatic rings. The maximum Gasteiger partial charge on any atom is 0.255 e. The highest BCUT2D eigenvalue weighted by molar-refractivity contribution is 5.96. The molecule has 0 aliphatic carbocycles. The molecule has 6 nitrogen and oxygen atoms in total. The number of aromatic nitrogens is 3. The van der Waals surface area contributed by atoms with E-state index in [4.69, 9.17) is 4.74 Å². The molecule has 0 spiro atoms. The summed E-state index contributed by atoms with van der Waals surface area (Å²) in [6.45, 7) is 0.776. The predicted octanol–water partition coefficient (Wildman–Crippen LogP) is 4.19. The Morgan fingerprint density at radius 3 is 2.55 bits per heavy atom. The third-order valence-electron chi connectivity index (χ3n) is 4.86. The average molecular weight is 416 g/mol. The molecule has 0 fully saturated rings. The molecule has 2 aromatic carbocycles. The van der Waals surface area contributed by atoms with Crippen molar-refractivity contribution in [2.75, 3.05) is 13.7 Å². The molecule has 0 bridgehead atoms. The minimum Gasteiger partial charge on any atom is -0.496 e. The van der Waals surface area contributed by atoms with Crippen LogP contribution >= 0.6 is 0 Å². The Morgan fingerprint density at radius 2 is 1.77 bits per heavy atom. The SMILES string of the molecule is COc1ccccc1C(=O)NCCn1cc(-c2ccncc2)c(-c2ccccc2F)n1. The first-order chi connectivity index (χ1) is 15.2. The van der Waals surface area contributed by atoms with Crippen molar-refractivity contribution in [1.82, 2.24) is 20.1 Å². The van der Waals surface area contributed by atoms with E-state index in [9.17, 15) is 9.18 Å². The van der Waals surface area contributed by atoms with Crippen molar-refractivity contribution in [3.05, 3.63) is 90.6 Å².